The number of carbonyl (C=O) groups excluding carboxylic acids is 1. The first-order valence-corrected chi connectivity index (χ1v) is 5.74. The Morgan fingerprint density at radius 1 is 1.47 bits per heavy atom. The van der Waals surface area contributed by atoms with E-state index in [2.05, 4.69) is 11.9 Å². The average molecular weight is 260 g/mol. The molecule has 0 atom stereocenters. The fourth-order valence-electron chi connectivity index (χ4n) is 1.95. The molecule has 2 rings (SSSR count). The highest BCUT2D eigenvalue weighted by molar-refractivity contribution is 5.96. The molecule has 0 aliphatic heterocycles. The Kier molecular flexibility index (Phi) is 3.46. The summed E-state index contributed by atoms with van der Waals surface area (Å²) in [6.07, 6.45) is 1.53. The molecule has 0 aliphatic rings. The van der Waals surface area contributed by atoms with Crippen LogP contribution in [0, 0.1) is 5.82 Å². The topological polar surface area (TPSA) is 51.1 Å². The van der Waals surface area contributed by atoms with Crippen LogP contribution in [0.25, 0.3) is 10.8 Å². The third-order valence-electron chi connectivity index (χ3n) is 2.84. The molecule has 1 aromatic heterocycles. The Hall–Kier alpha value is -2.43. The predicted octanol–water partition coefficient (Wildman–Crippen LogP) is 1.69. The predicted molar refractivity (Wildman–Crippen MR) is 71.8 cm³/mol. The number of rotatable bonds is 3. The van der Waals surface area contributed by atoms with Gasteiger partial charge in [0.25, 0.3) is 11.5 Å². The summed E-state index contributed by atoms with van der Waals surface area (Å²) < 4.78 is 14.5. The number of aromatic nitrogens is 1. The van der Waals surface area contributed by atoms with Gasteiger partial charge in [-0.25, -0.2) is 4.39 Å². The molecule has 1 N–H and O–H groups in total. The van der Waals surface area contributed by atoms with Crippen LogP contribution in [-0.2, 0) is 6.54 Å². The Balaban J connectivity index is 2.84. The van der Waals surface area contributed by atoms with E-state index in [4.69, 9.17) is 0 Å². The lowest BCUT2D eigenvalue weighted by molar-refractivity contribution is 0.0953. The Labute approximate surface area is 109 Å². The smallest absolute Gasteiger partial charge is 0.267 e. The van der Waals surface area contributed by atoms with E-state index >= 15 is 0 Å². The van der Waals surface area contributed by atoms with E-state index in [0.717, 1.165) is 0 Å². The maximum atomic E-state index is 13.2. The molecule has 19 heavy (non-hydrogen) atoms. The van der Waals surface area contributed by atoms with Crippen molar-refractivity contribution in [3.63, 3.8) is 0 Å². The van der Waals surface area contributed by atoms with Crippen molar-refractivity contribution in [2.75, 3.05) is 7.05 Å². The molecule has 1 heterocycles. The van der Waals surface area contributed by atoms with Crippen LogP contribution in [0.3, 0.4) is 0 Å². The van der Waals surface area contributed by atoms with Gasteiger partial charge < -0.3 is 5.32 Å². The lowest BCUT2D eigenvalue weighted by Crippen LogP contribution is -2.30. The first-order valence-electron chi connectivity index (χ1n) is 5.74. The molecule has 0 aliphatic carbocycles. The molecular weight excluding hydrogens is 247 g/mol. The monoisotopic (exact) mass is 260 g/mol. The van der Waals surface area contributed by atoms with E-state index in [0.29, 0.717) is 10.8 Å². The van der Waals surface area contributed by atoms with Gasteiger partial charge in [-0.3, -0.25) is 14.2 Å². The summed E-state index contributed by atoms with van der Waals surface area (Å²) in [6.45, 7) is 3.78. The highest BCUT2D eigenvalue weighted by Gasteiger charge is 2.14. The number of hydrogen-bond acceptors (Lipinski definition) is 2. The molecule has 2 aromatic rings. The third kappa shape index (κ3) is 2.27. The Morgan fingerprint density at radius 3 is 2.84 bits per heavy atom. The minimum Gasteiger partial charge on any atom is -0.354 e. The Bertz CT molecular complexity index is 719. The highest BCUT2D eigenvalue weighted by Crippen LogP contribution is 2.14. The van der Waals surface area contributed by atoms with Crippen LogP contribution in [-0.4, -0.2) is 17.5 Å². The van der Waals surface area contributed by atoms with Gasteiger partial charge in [-0.2, -0.15) is 0 Å². The molecule has 0 spiro atoms. The fraction of sp³-hybridized carbons (Fsp3) is 0.143. The maximum Gasteiger partial charge on any atom is 0.267 e. The summed E-state index contributed by atoms with van der Waals surface area (Å²) in [6, 6.07) is 5.38. The highest BCUT2D eigenvalue weighted by atomic mass is 19.1. The van der Waals surface area contributed by atoms with Gasteiger partial charge in [0.1, 0.15) is 11.5 Å². The summed E-state index contributed by atoms with van der Waals surface area (Å²) in [5.74, 6) is -0.846. The van der Waals surface area contributed by atoms with Crippen molar-refractivity contribution in [2.45, 2.75) is 6.54 Å². The van der Waals surface area contributed by atoms with Crippen LogP contribution in [0.1, 0.15) is 10.5 Å². The van der Waals surface area contributed by atoms with Gasteiger partial charge in [0.05, 0.1) is 0 Å². The molecule has 5 heteroatoms. The molecule has 0 fully saturated rings. The molecule has 4 nitrogen and oxygen atoms in total. The average Bonchev–Trinajstić information content (AvgIpc) is 2.40. The number of halogens is 1. The zero-order chi connectivity index (χ0) is 14.0. The minimum absolute atomic E-state index is 0.186. The third-order valence-corrected chi connectivity index (χ3v) is 2.84. The maximum absolute atomic E-state index is 13.2. The van der Waals surface area contributed by atoms with Gasteiger partial charge >= 0.3 is 0 Å². The van der Waals surface area contributed by atoms with Crippen LogP contribution in [0.5, 0.6) is 0 Å². The number of fused-ring (bicyclic) bond motifs is 1. The Morgan fingerprint density at radius 2 is 2.21 bits per heavy atom. The number of hydrogen-bond donors (Lipinski definition) is 1. The van der Waals surface area contributed by atoms with Gasteiger partial charge in [-0.05, 0) is 29.7 Å². The molecule has 1 aromatic carbocycles. The van der Waals surface area contributed by atoms with Gasteiger partial charge in [-0.15, -0.1) is 6.58 Å². The summed E-state index contributed by atoms with van der Waals surface area (Å²) in [4.78, 5) is 24.1. The van der Waals surface area contributed by atoms with Crippen molar-refractivity contribution < 1.29 is 9.18 Å². The lowest BCUT2D eigenvalue weighted by Gasteiger charge is -2.11. The summed E-state index contributed by atoms with van der Waals surface area (Å²) in [5, 5.41) is 3.24. The standard InChI is InChI=1S/C14H13FN2O2/c1-3-6-17-12(13(18)16-2)8-9-7-10(15)4-5-11(9)14(17)19/h3-5,7-8H,1,6H2,2H3,(H,16,18). The molecule has 0 unspecified atom stereocenters. The van der Waals surface area contributed by atoms with Gasteiger partial charge in [0.15, 0.2) is 0 Å². The largest absolute Gasteiger partial charge is 0.354 e. The number of pyridine rings is 1. The normalized spacial score (nSPS) is 10.4. The molecule has 98 valence electrons. The van der Waals surface area contributed by atoms with Crippen molar-refractivity contribution in [1.29, 1.82) is 0 Å². The van der Waals surface area contributed by atoms with Crippen LogP contribution >= 0.6 is 0 Å². The second-order valence-corrected chi connectivity index (χ2v) is 4.04. The van der Waals surface area contributed by atoms with E-state index in [9.17, 15) is 14.0 Å². The summed E-state index contributed by atoms with van der Waals surface area (Å²) in [7, 11) is 1.47. The zero-order valence-electron chi connectivity index (χ0n) is 10.4. The number of allylic oxidation sites excluding steroid dienone is 1. The summed E-state index contributed by atoms with van der Waals surface area (Å²) >= 11 is 0. The van der Waals surface area contributed by atoms with Gasteiger partial charge in [0.2, 0.25) is 0 Å². The van der Waals surface area contributed by atoms with Crippen molar-refractivity contribution in [3.8, 4) is 0 Å². The number of nitrogens with zero attached hydrogens (tertiary/aromatic N) is 1. The number of nitrogens with one attached hydrogen (secondary N) is 1. The first kappa shape index (κ1) is 13.0. The molecule has 0 radical (unpaired) electrons. The van der Waals surface area contributed by atoms with E-state index in [1.54, 1.807) is 0 Å². The van der Waals surface area contributed by atoms with Crippen LogP contribution in [0.2, 0.25) is 0 Å². The van der Waals surface area contributed by atoms with Crippen molar-refractivity contribution in [3.05, 3.63) is 58.8 Å². The molecular formula is C14H13FN2O2. The molecule has 0 bridgehead atoms. The van der Waals surface area contributed by atoms with Crippen LogP contribution in [0.15, 0.2) is 41.7 Å². The number of benzene rings is 1. The van der Waals surface area contributed by atoms with E-state index in [-0.39, 0.29) is 17.8 Å². The van der Waals surface area contributed by atoms with E-state index in [1.807, 2.05) is 0 Å². The van der Waals surface area contributed by atoms with Crippen LogP contribution < -0.4 is 10.9 Å². The lowest BCUT2D eigenvalue weighted by atomic mass is 10.1. The quantitative estimate of drug-likeness (QED) is 0.854. The second kappa shape index (κ2) is 5.06. The minimum atomic E-state index is -0.448. The van der Waals surface area contributed by atoms with E-state index in [1.165, 1.54) is 42.0 Å². The second-order valence-electron chi connectivity index (χ2n) is 4.04. The van der Waals surface area contributed by atoms with Gasteiger partial charge in [0, 0.05) is 19.0 Å². The van der Waals surface area contributed by atoms with Crippen LogP contribution in [0.4, 0.5) is 4.39 Å². The molecule has 1 amide bonds. The van der Waals surface area contributed by atoms with Crippen molar-refractivity contribution in [2.24, 2.45) is 0 Å². The molecule has 0 saturated carbocycles. The van der Waals surface area contributed by atoms with Crippen molar-refractivity contribution >= 4 is 16.7 Å². The van der Waals surface area contributed by atoms with E-state index < -0.39 is 11.7 Å². The number of amides is 1. The summed E-state index contributed by atoms with van der Waals surface area (Å²) in [5.41, 5.74) is -0.151. The fourth-order valence-corrected chi connectivity index (χ4v) is 1.95. The SMILES string of the molecule is C=CCn1c(C(=O)NC)cc2cc(F)ccc2c1=O. The number of carbonyl (C=O) groups is 1. The molecule has 0 saturated heterocycles. The zero-order valence-corrected chi connectivity index (χ0v) is 10.4. The first-order chi connectivity index (χ1) is 9.08. The van der Waals surface area contributed by atoms with Gasteiger partial charge in [-0.1, -0.05) is 6.08 Å². The van der Waals surface area contributed by atoms with Crippen molar-refractivity contribution in [1.82, 2.24) is 9.88 Å².